The Morgan fingerprint density at radius 1 is 1.31 bits per heavy atom. The molecule has 142 valence electrons. The number of hydrogen-bond donors (Lipinski definition) is 1. The number of nitrogens with one attached hydrogen (secondary N) is 1. The number of hydrogen-bond acceptors (Lipinski definition) is 7. The second-order valence-corrected chi connectivity index (χ2v) is 6.74. The van der Waals surface area contributed by atoms with Gasteiger partial charge in [-0.3, -0.25) is 5.32 Å². The molecule has 0 radical (unpaired) electrons. The third-order valence-corrected chi connectivity index (χ3v) is 4.60. The quantitative estimate of drug-likeness (QED) is 0.709. The summed E-state index contributed by atoms with van der Waals surface area (Å²) in [6, 6.07) is 7.47. The predicted octanol–water partition coefficient (Wildman–Crippen LogP) is 3.07. The Morgan fingerprint density at radius 2 is 2.04 bits per heavy atom. The molecule has 0 saturated heterocycles. The highest BCUT2D eigenvalue weighted by Crippen LogP contribution is 2.26. The molecule has 0 fully saturated rings. The van der Waals surface area contributed by atoms with E-state index in [4.69, 9.17) is 14.2 Å². The van der Waals surface area contributed by atoms with Crippen LogP contribution in [0.3, 0.4) is 0 Å². The molecule has 2 amide bonds. The highest BCUT2D eigenvalue weighted by atomic mass is 32.1. The molecule has 1 aromatic carbocycles. The molecule has 0 aliphatic carbocycles. The molecule has 0 saturated carbocycles. The van der Waals surface area contributed by atoms with Crippen molar-refractivity contribution >= 4 is 22.5 Å². The zero-order valence-corrected chi connectivity index (χ0v) is 16.4. The lowest BCUT2D eigenvalue weighted by atomic mass is 10.2. The first-order valence-corrected chi connectivity index (χ1v) is 8.89. The molecule has 0 aliphatic heterocycles. The van der Waals surface area contributed by atoms with Crippen LogP contribution in [-0.4, -0.2) is 55.2 Å². The molecule has 1 atom stereocenters. The number of urea groups is 1. The van der Waals surface area contributed by atoms with Crippen molar-refractivity contribution in [3.63, 3.8) is 0 Å². The van der Waals surface area contributed by atoms with Crippen LogP contribution in [0.4, 0.5) is 9.93 Å². The fourth-order valence-corrected chi connectivity index (χ4v) is 2.85. The van der Waals surface area contributed by atoms with Gasteiger partial charge in [-0.05, 0) is 31.5 Å². The van der Waals surface area contributed by atoms with Gasteiger partial charge < -0.3 is 19.1 Å². The summed E-state index contributed by atoms with van der Waals surface area (Å²) in [4.78, 5) is 13.6. The molecule has 2 rings (SSSR count). The second-order valence-electron chi connectivity index (χ2n) is 5.73. The summed E-state index contributed by atoms with van der Waals surface area (Å²) in [6.45, 7) is 4.18. The first-order chi connectivity index (χ1) is 12.4. The van der Waals surface area contributed by atoms with E-state index in [0.29, 0.717) is 10.1 Å². The van der Waals surface area contributed by atoms with Gasteiger partial charge in [-0.15, -0.1) is 10.2 Å². The number of aromatic nitrogens is 2. The maximum atomic E-state index is 12.2. The monoisotopic (exact) mass is 380 g/mol. The van der Waals surface area contributed by atoms with Crippen molar-refractivity contribution < 1.29 is 19.0 Å². The van der Waals surface area contributed by atoms with Gasteiger partial charge in [-0.25, -0.2) is 4.79 Å². The van der Waals surface area contributed by atoms with Crippen LogP contribution < -0.4 is 10.1 Å². The highest BCUT2D eigenvalue weighted by molar-refractivity contribution is 7.15. The Labute approximate surface area is 157 Å². The van der Waals surface area contributed by atoms with Crippen LogP contribution >= 0.6 is 11.3 Å². The number of carbonyl (C=O) groups is 1. The van der Waals surface area contributed by atoms with Gasteiger partial charge in [-0.2, -0.15) is 0 Å². The Bertz CT molecular complexity index is 720. The maximum absolute atomic E-state index is 12.2. The Hall–Kier alpha value is -2.23. The molecule has 9 heteroatoms. The van der Waals surface area contributed by atoms with Crippen molar-refractivity contribution in [2.45, 2.75) is 26.2 Å². The average molecular weight is 380 g/mol. The third-order valence-electron chi connectivity index (χ3n) is 3.60. The van der Waals surface area contributed by atoms with Crippen LogP contribution in [0.15, 0.2) is 24.3 Å². The fourth-order valence-electron chi connectivity index (χ4n) is 2.13. The molecule has 1 aromatic heterocycles. The van der Waals surface area contributed by atoms with Gasteiger partial charge in [-0.1, -0.05) is 23.5 Å². The van der Waals surface area contributed by atoms with Crippen molar-refractivity contribution in [1.82, 2.24) is 15.1 Å². The van der Waals surface area contributed by atoms with E-state index in [9.17, 15) is 4.79 Å². The smallest absolute Gasteiger partial charge is 0.323 e. The van der Waals surface area contributed by atoms with Gasteiger partial charge in [0.2, 0.25) is 5.13 Å². The summed E-state index contributed by atoms with van der Waals surface area (Å²) in [5, 5.41) is 11.9. The summed E-state index contributed by atoms with van der Waals surface area (Å²) in [5.41, 5.74) is 1.12. The number of nitrogens with zero attached hydrogens (tertiary/aromatic N) is 3. The first-order valence-electron chi connectivity index (χ1n) is 8.07. The number of anilines is 1. The summed E-state index contributed by atoms with van der Waals surface area (Å²) >= 11 is 1.27. The van der Waals surface area contributed by atoms with E-state index >= 15 is 0 Å². The SMILES string of the molecule is COC(CN(C)C(=O)Nc1nnc(C(C)Oc2cccc(C)c2)s1)OC. The van der Waals surface area contributed by atoms with Crippen LogP contribution in [0.1, 0.15) is 23.6 Å². The van der Waals surface area contributed by atoms with E-state index in [2.05, 4.69) is 15.5 Å². The van der Waals surface area contributed by atoms with Crippen molar-refractivity contribution in [2.75, 3.05) is 33.1 Å². The zero-order valence-electron chi connectivity index (χ0n) is 15.6. The number of ether oxygens (including phenoxy) is 3. The summed E-state index contributed by atoms with van der Waals surface area (Å²) in [6.07, 6.45) is -0.762. The molecule has 1 heterocycles. The van der Waals surface area contributed by atoms with Gasteiger partial charge in [0.15, 0.2) is 11.3 Å². The number of amides is 2. The zero-order chi connectivity index (χ0) is 19.1. The number of likely N-dealkylation sites (N-methyl/N-ethyl adjacent to an activating group) is 1. The minimum Gasteiger partial charge on any atom is -0.483 e. The Morgan fingerprint density at radius 3 is 2.69 bits per heavy atom. The molecular weight excluding hydrogens is 356 g/mol. The Kier molecular flexibility index (Phi) is 7.31. The van der Waals surface area contributed by atoms with Gasteiger partial charge >= 0.3 is 6.03 Å². The molecule has 0 aliphatic rings. The molecule has 8 nitrogen and oxygen atoms in total. The molecular formula is C17H24N4O4S. The topological polar surface area (TPSA) is 85.8 Å². The van der Waals surface area contributed by atoms with E-state index in [1.165, 1.54) is 30.5 Å². The normalized spacial score (nSPS) is 12.1. The molecule has 0 bridgehead atoms. The number of carbonyl (C=O) groups excluding carboxylic acids is 1. The van der Waals surface area contributed by atoms with Crippen LogP contribution in [0.2, 0.25) is 0 Å². The largest absolute Gasteiger partial charge is 0.483 e. The lowest BCUT2D eigenvalue weighted by Gasteiger charge is -2.21. The van der Waals surface area contributed by atoms with Gasteiger partial charge in [0.25, 0.3) is 0 Å². The van der Waals surface area contributed by atoms with Crippen LogP contribution in [-0.2, 0) is 9.47 Å². The molecule has 1 N–H and O–H groups in total. The van der Waals surface area contributed by atoms with E-state index in [-0.39, 0.29) is 18.7 Å². The minimum absolute atomic E-state index is 0.274. The minimum atomic E-state index is -0.488. The lowest BCUT2D eigenvalue weighted by Crippen LogP contribution is -2.38. The summed E-state index contributed by atoms with van der Waals surface area (Å²) in [7, 11) is 4.69. The standard InChI is InChI=1S/C17H24N4O4S/c1-11-7-6-8-13(9-11)25-12(2)15-19-20-16(26-15)18-17(22)21(3)10-14(23-4)24-5/h6-9,12,14H,10H2,1-5H3,(H,18,20,22). The molecule has 1 unspecified atom stereocenters. The molecule has 26 heavy (non-hydrogen) atoms. The van der Waals surface area contributed by atoms with E-state index < -0.39 is 6.29 Å². The van der Waals surface area contributed by atoms with Crippen molar-refractivity contribution in [3.8, 4) is 5.75 Å². The van der Waals surface area contributed by atoms with Crippen molar-refractivity contribution in [3.05, 3.63) is 34.8 Å². The summed E-state index contributed by atoms with van der Waals surface area (Å²) < 4.78 is 16.1. The highest BCUT2D eigenvalue weighted by Gasteiger charge is 2.18. The van der Waals surface area contributed by atoms with Crippen LogP contribution in [0.5, 0.6) is 5.75 Å². The van der Waals surface area contributed by atoms with Crippen molar-refractivity contribution in [2.24, 2.45) is 0 Å². The Balaban J connectivity index is 1.93. The predicted molar refractivity (Wildman–Crippen MR) is 99.6 cm³/mol. The van der Waals surface area contributed by atoms with E-state index in [1.807, 2.05) is 38.1 Å². The number of rotatable bonds is 8. The van der Waals surface area contributed by atoms with Crippen LogP contribution in [0.25, 0.3) is 0 Å². The van der Waals surface area contributed by atoms with Gasteiger partial charge in [0.05, 0.1) is 6.54 Å². The number of methoxy groups -OCH3 is 2. The second kappa shape index (κ2) is 9.46. The van der Waals surface area contributed by atoms with E-state index in [1.54, 1.807) is 7.05 Å². The molecule has 0 spiro atoms. The fraction of sp³-hybridized carbons (Fsp3) is 0.471. The van der Waals surface area contributed by atoms with Crippen molar-refractivity contribution in [1.29, 1.82) is 0 Å². The maximum Gasteiger partial charge on any atom is 0.323 e. The lowest BCUT2D eigenvalue weighted by molar-refractivity contribution is -0.108. The first kappa shape index (κ1) is 20.1. The number of benzene rings is 1. The van der Waals surface area contributed by atoms with Crippen LogP contribution in [0, 0.1) is 6.92 Å². The molecule has 2 aromatic rings. The summed E-state index contributed by atoms with van der Waals surface area (Å²) in [5.74, 6) is 0.767. The van der Waals surface area contributed by atoms with Gasteiger partial charge in [0, 0.05) is 21.3 Å². The average Bonchev–Trinajstić information content (AvgIpc) is 3.08. The van der Waals surface area contributed by atoms with Gasteiger partial charge in [0.1, 0.15) is 11.9 Å². The van der Waals surface area contributed by atoms with E-state index in [0.717, 1.165) is 11.3 Å². The third kappa shape index (κ3) is 5.65. The number of aryl methyl sites for hydroxylation is 1.